The summed E-state index contributed by atoms with van der Waals surface area (Å²) in [6, 6.07) is 2.11. The summed E-state index contributed by atoms with van der Waals surface area (Å²) in [6.07, 6.45) is 8.38. The highest BCUT2D eigenvalue weighted by atomic mass is 15.0. The first-order valence-corrected chi connectivity index (χ1v) is 6.44. The summed E-state index contributed by atoms with van der Waals surface area (Å²) in [4.78, 5) is 9.13. The Labute approximate surface area is 96.7 Å². The molecule has 3 nitrogen and oxygen atoms in total. The molecule has 0 bridgehead atoms. The molecule has 2 fully saturated rings. The van der Waals surface area contributed by atoms with Gasteiger partial charge in [-0.3, -0.25) is 0 Å². The largest absolute Gasteiger partial charge is 0.316 e. The summed E-state index contributed by atoms with van der Waals surface area (Å²) in [7, 11) is 0. The standard InChI is InChI=1S/C13H19N3/c1-2-4-11(3-1)12-5-6-15-13(16-12)7-10-8-14-9-10/h5-6,10-11,14H,1-4,7-9H2. The molecular weight excluding hydrogens is 198 g/mol. The Bertz CT molecular complexity index is 354. The first-order valence-electron chi connectivity index (χ1n) is 6.44. The second-order valence-corrected chi connectivity index (χ2v) is 5.11. The summed E-state index contributed by atoms with van der Waals surface area (Å²) in [6.45, 7) is 2.27. The van der Waals surface area contributed by atoms with Gasteiger partial charge in [0.2, 0.25) is 0 Å². The minimum absolute atomic E-state index is 0.710. The van der Waals surface area contributed by atoms with Crippen molar-refractivity contribution in [1.82, 2.24) is 15.3 Å². The number of aromatic nitrogens is 2. The minimum Gasteiger partial charge on any atom is -0.316 e. The van der Waals surface area contributed by atoms with Crippen LogP contribution < -0.4 is 5.32 Å². The fourth-order valence-electron chi connectivity index (χ4n) is 2.71. The maximum absolute atomic E-state index is 4.74. The van der Waals surface area contributed by atoms with Crippen molar-refractivity contribution in [2.75, 3.05) is 13.1 Å². The van der Waals surface area contributed by atoms with Gasteiger partial charge in [-0.05, 0) is 37.9 Å². The second kappa shape index (κ2) is 4.50. The van der Waals surface area contributed by atoms with Gasteiger partial charge in [-0.25, -0.2) is 9.97 Å². The number of nitrogens with one attached hydrogen (secondary N) is 1. The summed E-state index contributed by atoms with van der Waals surface area (Å²) in [5.41, 5.74) is 1.29. The van der Waals surface area contributed by atoms with Crippen LogP contribution in [0.2, 0.25) is 0 Å². The lowest BCUT2D eigenvalue weighted by Gasteiger charge is -2.26. The van der Waals surface area contributed by atoms with Crippen LogP contribution in [0.3, 0.4) is 0 Å². The minimum atomic E-state index is 0.710. The van der Waals surface area contributed by atoms with Gasteiger partial charge in [0, 0.05) is 24.2 Å². The molecule has 16 heavy (non-hydrogen) atoms. The Kier molecular flexibility index (Phi) is 2.87. The van der Waals surface area contributed by atoms with Crippen molar-refractivity contribution in [1.29, 1.82) is 0 Å². The predicted molar refractivity (Wildman–Crippen MR) is 63.3 cm³/mol. The van der Waals surface area contributed by atoms with Crippen molar-refractivity contribution in [3.8, 4) is 0 Å². The molecule has 1 saturated carbocycles. The quantitative estimate of drug-likeness (QED) is 0.840. The highest BCUT2D eigenvalue weighted by Crippen LogP contribution is 2.32. The van der Waals surface area contributed by atoms with E-state index < -0.39 is 0 Å². The lowest BCUT2D eigenvalue weighted by Crippen LogP contribution is -2.43. The number of rotatable bonds is 3. The van der Waals surface area contributed by atoms with E-state index in [9.17, 15) is 0 Å². The second-order valence-electron chi connectivity index (χ2n) is 5.11. The van der Waals surface area contributed by atoms with Gasteiger partial charge in [-0.15, -0.1) is 0 Å². The third-order valence-electron chi connectivity index (χ3n) is 3.84. The van der Waals surface area contributed by atoms with Crippen LogP contribution in [0, 0.1) is 5.92 Å². The van der Waals surface area contributed by atoms with E-state index in [1.54, 1.807) is 0 Å². The predicted octanol–water partition coefficient (Wildman–Crippen LogP) is 1.90. The van der Waals surface area contributed by atoms with Gasteiger partial charge in [-0.1, -0.05) is 12.8 Å². The van der Waals surface area contributed by atoms with Gasteiger partial charge < -0.3 is 5.32 Å². The molecule has 1 aliphatic heterocycles. The molecule has 0 amide bonds. The molecule has 1 aliphatic carbocycles. The first kappa shape index (κ1) is 10.2. The van der Waals surface area contributed by atoms with Crippen molar-refractivity contribution < 1.29 is 0 Å². The first-order chi connectivity index (χ1) is 7.92. The average molecular weight is 217 g/mol. The lowest BCUT2D eigenvalue weighted by atomic mass is 9.98. The SMILES string of the molecule is c1cc(C2CCCC2)nc(CC2CNC2)n1. The van der Waals surface area contributed by atoms with Crippen molar-refractivity contribution in [3.05, 3.63) is 23.8 Å². The number of hydrogen-bond acceptors (Lipinski definition) is 3. The molecule has 0 unspecified atom stereocenters. The van der Waals surface area contributed by atoms with E-state index in [0.29, 0.717) is 5.92 Å². The van der Waals surface area contributed by atoms with Gasteiger partial charge in [0.15, 0.2) is 0 Å². The molecule has 1 N–H and O–H groups in total. The van der Waals surface area contributed by atoms with Gasteiger partial charge >= 0.3 is 0 Å². The molecule has 1 aromatic rings. The monoisotopic (exact) mass is 217 g/mol. The van der Waals surface area contributed by atoms with Crippen molar-refractivity contribution in [2.24, 2.45) is 5.92 Å². The summed E-state index contributed by atoms with van der Waals surface area (Å²) in [5.74, 6) is 2.52. The van der Waals surface area contributed by atoms with E-state index in [4.69, 9.17) is 4.98 Å². The fourth-order valence-corrected chi connectivity index (χ4v) is 2.71. The highest BCUT2D eigenvalue weighted by molar-refractivity contribution is 5.10. The van der Waals surface area contributed by atoms with Gasteiger partial charge in [0.25, 0.3) is 0 Å². The topological polar surface area (TPSA) is 37.8 Å². The van der Waals surface area contributed by atoms with Crippen LogP contribution in [0.4, 0.5) is 0 Å². The zero-order valence-corrected chi connectivity index (χ0v) is 9.65. The average Bonchev–Trinajstić information content (AvgIpc) is 2.77. The number of hydrogen-bond donors (Lipinski definition) is 1. The van der Waals surface area contributed by atoms with Crippen molar-refractivity contribution in [2.45, 2.75) is 38.0 Å². The van der Waals surface area contributed by atoms with Crippen molar-refractivity contribution >= 4 is 0 Å². The van der Waals surface area contributed by atoms with E-state index in [1.807, 2.05) is 6.20 Å². The van der Waals surface area contributed by atoms with Crippen LogP contribution in [0.15, 0.2) is 12.3 Å². The van der Waals surface area contributed by atoms with E-state index in [1.165, 1.54) is 31.4 Å². The van der Waals surface area contributed by atoms with E-state index in [0.717, 1.165) is 31.3 Å². The Morgan fingerprint density at radius 3 is 2.75 bits per heavy atom. The van der Waals surface area contributed by atoms with Gasteiger partial charge in [-0.2, -0.15) is 0 Å². The van der Waals surface area contributed by atoms with Crippen LogP contribution in [0.5, 0.6) is 0 Å². The fraction of sp³-hybridized carbons (Fsp3) is 0.692. The summed E-state index contributed by atoms with van der Waals surface area (Å²) >= 11 is 0. The highest BCUT2D eigenvalue weighted by Gasteiger charge is 2.21. The third-order valence-corrected chi connectivity index (χ3v) is 3.84. The molecule has 2 heterocycles. The molecule has 2 aliphatic rings. The van der Waals surface area contributed by atoms with Crippen LogP contribution in [0.1, 0.15) is 43.1 Å². The normalized spacial score (nSPS) is 22.2. The molecule has 0 radical (unpaired) electrons. The zero-order chi connectivity index (χ0) is 10.8. The lowest BCUT2D eigenvalue weighted by molar-refractivity contribution is 0.340. The Balaban J connectivity index is 1.70. The van der Waals surface area contributed by atoms with Gasteiger partial charge in [0.1, 0.15) is 5.82 Å². The smallest absolute Gasteiger partial charge is 0.128 e. The molecule has 86 valence electrons. The molecule has 0 spiro atoms. The summed E-state index contributed by atoms with van der Waals surface area (Å²) < 4.78 is 0. The molecule has 0 atom stereocenters. The van der Waals surface area contributed by atoms with E-state index in [2.05, 4.69) is 16.4 Å². The van der Waals surface area contributed by atoms with E-state index in [-0.39, 0.29) is 0 Å². The molecule has 3 rings (SSSR count). The van der Waals surface area contributed by atoms with Crippen LogP contribution in [-0.4, -0.2) is 23.1 Å². The maximum Gasteiger partial charge on any atom is 0.128 e. The molecule has 1 aromatic heterocycles. The summed E-state index contributed by atoms with van der Waals surface area (Å²) in [5, 5.41) is 3.30. The molecule has 0 aromatic carbocycles. The molecular formula is C13H19N3. The van der Waals surface area contributed by atoms with Gasteiger partial charge in [0.05, 0.1) is 0 Å². The Morgan fingerprint density at radius 1 is 1.25 bits per heavy atom. The Hall–Kier alpha value is -0.960. The van der Waals surface area contributed by atoms with Crippen LogP contribution in [0.25, 0.3) is 0 Å². The maximum atomic E-state index is 4.74. The van der Waals surface area contributed by atoms with Crippen LogP contribution >= 0.6 is 0 Å². The van der Waals surface area contributed by atoms with Crippen LogP contribution in [-0.2, 0) is 6.42 Å². The van der Waals surface area contributed by atoms with E-state index >= 15 is 0 Å². The zero-order valence-electron chi connectivity index (χ0n) is 9.65. The van der Waals surface area contributed by atoms with Crippen molar-refractivity contribution in [3.63, 3.8) is 0 Å². The third kappa shape index (κ3) is 2.09. The molecule has 3 heteroatoms. The Morgan fingerprint density at radius 2 is 2.06 bits per heavy atom. The molecule has 1 saturated heterocycles. The number of nitrogens with zero attached hydrogens (tertiary/aromatic N) is 2.